The van der Waals surface area contributed by atoms with Crippen LogP contribution in [-0.4, -0.2) is 66.0 Å². The molecule has 1 saturated heterocycles. The summed E-state index contributed by atoms with van der Waals surface area (Å²) in [6.07, 6.45) is 0. The molecule has 37 heavy (non-hydrogen) atoms. The quantitative estimate of drug-likeness (QED) is 0.441. The molecule has 0 saturated carbocycles. The first-order chi connectivity index (χ1) is 18.0. The average Bonchev–Trinajstić information content (AvgIpc) is 3.48. The van der Waals surface area contributed by atoms with Gasteiger partial charge < -0.3 is 23.9 Å². The number of aryl methyl sites for hydroxylation is 1. The number of carbonyl (C=O) groups is 2. The van der Waals surface area contributed by atoms with E-state index in [2.05, 4.69) is 4.90 Å². The van der Waals surface area contributed by atoms with Gasteiger partial charge in [0.2, 0.25) is 5.78 Å². The molecule has 5 rings (SSSR count). The number of morpholine rings is 1. The molecule has 0 bridgehead atoms. The Hall–Kier alpha value is -3.88. The van der Waals surface area contributed by atoms with Gasteiger partial charge in [-0.2, -0.15) is 0 Å². The summed E-state index contributed by atoms with van der Waals surface area (Å²) in [4.78, 5) is 30.5. The standard InChI is InChI=1S/C29H30N2O6/c1-20-10-11-24(37-20)27(32)25-26(31(29(34)28(25)33)13-12-30-14-16-35-17-15-30)22-8-5-9-23(18-22)36-19-21-6-3-2-4-7-21/h2-11,18,26,33H,12-17,19H2,1H3/t26-/m0/s1. The van der Waals surface area contributed by atoms with E-state index in [1.54, 1.807) is 24.0 Å². The molecule has 3 heterocycles. The average molecular weight is 503 g/mol. The molecule has 1 N–H and O–H groups in total. The molecule has 0 radical (unpaired) electrons. The largest absolute Gasteiger partial charge is 0.503 e. The maximum atomic E-state index is 13.5. The van der Waals surface area contributed by atoms with Gasteiger partial charge in [0.05, 0.1) is 24.8 Å². The molecule has 0 unspecified atom stereocenters. The number of ether oxygens (including phenoxy) is 2. The Morgan fingerprint density at radius 1 is 1.03 bits per heavy atom. The first kappa shape index (κ1) is 24.8. The molecule has 0 spiro atoms. The van der Waals surface area contributed by atoms with Crippen LogP contribution >= 0.6 is 0 Å². The molecule has 1 aromatic heterocycles. The topological polar surface area (TPSA) is 92.5 Å². The van der Waals surface area contributed by atoms with E-state index in [0.717, 1.165) is 18.7 Å². The number of benzene rings is 2. The fraction of sp³-hybridized carbons (Fsp3) is 0.310. The van der Waals surface area contributed by atoms with Crippen molar-refractivity contribution in [3.63, 3.8) is 0 Å². The van der Waals surface area contributed by atoms with Gasteiger partial charge in [0.15, 0.2) is 11.5 Å². The van der Waals surface area contributed by atoms with E-state index in [4.69, 9.17) is 13.9 Å². The van der Waals surface area contributed by atoms with Crippen LogP contribution in [0.25, 0.3) is 0 Å². The number of hydrogen-bond acceptors (Lipinski definition) is 7. The molecule has 192 valence electrons. The normalized spacial score (nSPS) is 18.5. The number of furan rings is 1. The van der Waals surface area contributed by atoms with Gasteiger partial charge in [-0.05, 0) is 42.3 Å². The lowest BCUT2D eigenvalue weighted by Gasteiger charge is -2.31. The monoisotopic (exact) mass is 502 g/mol. The van der Waals surface area contributed by atoms with Crippen molar-refractivity contribution in [3.8, 4) is 5.75 Å². The Morgan fingerprint density at radius 3 is 2.54 bits per heavy atom. The van der Waals surface area contributed by atoms with E-state index in [-0.39, 0.29) is 11.3 Å². The minimum absolute atomic E-state index is 0.0153. The minimum Gasteiger partial charge on any atom is -0.503 e. The molecule has 1 atom stereocenters. The summed E-state index contributed by atoms with van der Waals surface area (Å²) in [6, 6.07) is 19.6. The predicted molar refractivity (Wildman–Crippen MR) is 136 cm³/mol. The Labute approximate surface area is 215 Å². The van der Waals surface area contributed by atoms with Gasteiger partial charge in [-0.15, -0.1) is 0 Å². The number of carbonyl (C=O) groups excluding carboxylic acids is 2. The van der Waals surface area contributed by atoms with Crippen molar-refractivity contribution in [2.45, 2.75) is 19.6 Å². The molecule has 2 aromatic carbocycles. The zero-order chi connectivity index (χ0) is 25.8. The van der Waals surface area contributed by atoms with Crippen molar-refractivity contribution in [2.24, 2.45) is 0 Å². The molecule has 2 aliphatic rings. The number of rotatable bonds is 9. The van der Waals surface area contributed by atoms with Crippen LogP contribution in [0.4, 0.5) is 0 Å². The van der Waals surface area contributed by atoms with Gasteiger partial charge in [-0.1, -0.05) is 42.5 Å². The maximum absolute atomic E-state index is 13.5. The highest BCUT2D eigenvalue weighted by molar-refractivity contribution is 6.15. The number of nitrogens with zero attached hydrogens (tertiary/aromatic N) is 2. The molecule has 1 fully saturated rings. The number of hydrogen-bond donors (Lipinski definition) is 1. The van der Waals surface area contributed by atoms with Crippen LogP contribution in [0.15, 0.2) is 82.5 Å². The fourth-order valence-corrected chi connectivity index (χ4v) is 4.74. The van der Waals surface area contributed by atoms with Crippen LogP contribution in [0.1, 0.15) is 33.5 Å². The molecular weight excluding hydrogens is 472 g/mol. The van der Waals surface area contributed by atoms with E-state index in [1.165, 1.54) is 0 Å². The van der Waals surface area contributed by atoms with Crippen molar-refractivity contribution >= 4 is 11.7 Å². The lowest BCUT2D eigenvalue weighted by Crippen LogP contribution is -2.43. The number of aliphatic hydroxyl groups excluding tert-OH is 1. The zero-order valence-corrected chi connectivity index (χ0v) is 20.8. The molecule has 0 aliphatic carbocycles. The highest BCUT2D eigenvalue weighted by atomic mass is 16.5. The van der Waals surface area contributed by atoms with Crippen molar-refractivity contribution in [3.05, 3.63) is 101 Å². The molecule has 8 heteroatoms. The van der Waals surface area contributed by atoms with E-state index in [9.17, 15) is 14.7 Å². The van der Waals surface area contributed by atoms with Crippen LogP contribution in [0, 0.1) is 6.92 Å². The highest BCUT2D eigenvalue weighted by Gasteiger charge is 2.44. The molecule has 8 nitrogen and oxygen atoms in total. The second-order valence-electron chi connectivity index (χ2n) is 9.20. The molecule has 1 amide bonds. The second-order valence-corrected chi connectivity index (χ2v) is 9.20. The Balaban J connectivity index is 1.44. The van der Waals surface area contributed by atoms with Gasteiger partial charge in [0.1, 0.15) is 18.1 Å². The SMILES string of the molecule is Cc1ccc(C(=O)C2=C(O)C(=O)N(CCN3CCOCC3)[C@H]2c2cccc(OCc3ccccc3)c2)o1. The number of ketones is 1. The van der Waals surface area contributed by atoms with Crippen LogP contribution < -0.4 is 4.74 Å². The first-order valence-corrected chi connectivity index (χ1v) is 12.4. The summed E-state index contributed by atoms with van der Waals surface area (Å²) in [7, 11) is 0. The van der Waals surface area contributed by atoms with Gasteiger partial charge in [0, 0.05) is 26.2 Å². The lowest BCUT2D eigenvalue weighted by atomic mass is 9.95. The van der Waals surface area contributed by atoms with Crippen LogP contribution in [0.3, 0.4) is 0 Å². The summed E-state index contributed by atoms with van der Waals surface area (Å²) in [5.74, 6) is -0.349. The van der Waals surface area contributed by atoms with Gasteiger partial charge in [0.25, 0.3) is 5.91 Å². The third-order valence-corrected chi connectivity index (χ3v) is 6.70. The van der Waals surface area contributed by atoms with Crippen molar-refractivity contribution in [2.75, 3.05) is 39.4 Å². The third kappa shape index (κ3) is 5.45. The predicted octanol–water partition coefficient (Wildman–Crippen LogP) is 4.08. The van der Waals surface area contributed by atoms with E-state index in [1.807, 2.05) is 54.6 Å². The molecular formula is C29H30N2O6. The number of amides is 1. The zero-order valence-electron chi connectivity index (χ0n) is 20.8. The van der Waals surface area contributed by atoms with E-state index >= 15 is 0 Å². The highest BCUT2D eigenvalue weighted by Crippen LogP contribution is 2.40. The van der Waals surface area contributed by atoms with Crippen molar-refractivity contribution < 1.29 is 28.6 Å². The van der Waals surface area contributed by atoms with Gasteiger partial charge in [-0.3, -0.25) is 14.5 Å². The van der Waals surface area contributed by atoms with Gasteiger partial charge in [-0.25, -0.2) is 0 Å². The van der Waals surface area contributed by atoms with E-state index < -0.39 is 23.5 Å². The fourth-order valence-electron chi connectivity index (χ4n) is 4.74. The second kappa shape index (κ2) is 11.0. The van der Waals surface area contributed by atoms with E-state index in [0.29, 0.717) is 50.0 Å². The Morgan fingerprint density at radius 2 is 1.81 bits per heavy atom. The van der Waals surface area contributed by atoms with Crippen LogP contribution in [0.2, 0.25) is 0 Å². The first-order valence-electron chi connectivity index (χ1n) is 12.4. The smallest absolute Gasteiger partial charge is 0.290 e. The molecule has 3 aromatic rings. The Bertz CT molecular complexity index is 1290. The van der Waals surface area contributed by atoms with Crippen molar-refractivity contribution in [1.29, 1.82) is 0 Å². The van der Waals surface area contributed by atoms with Crippen LogP contribution in [0.5, 0.6) is 5.75 Å². The van der Waals surface area contributed by atoms with Crippen LogP contribution in [-0.2, 0) is 16.1 Å². The number of aliphatic hydroxyl groups is 1. The summed E-state index contributed by atoms with van der Waals surface area (Å²) in [5, 5.41) is 10.9. The maximum Gasteiger partial charge on any atom is 0.290 e. The van der Waals surface area contributed by atoms with Gasteiger partial charge >= 0.3 is 0 Å². The summed E-state index contributed by atoms with van der Waals surface area (Å²) in [6.45, 7) is 5.89. The summed E-state index contributed by atoms with van der Waals surface area (Å²) < 4.78 is 17.0. The molecule has 2 aliphatic heterocycles. The summed E-state index contributed by atoms with van der Waals surface area (Å²) in [5.41, 5.74) is 1.72. The third-order valence-electron chi connectivity index (χ3n) is 6.70. The minimum atomic E-state index is -0.772. The number of Topliss-reactive ketones (excluding diaryl/α,β-unsaturated/α-hetero) is 1. The van der Waals surface area contributed by atoms with Crippen molar-refractivity contribution in [1.82, 2.24) is 9.80 Å². The lowest BCUT2D eigenvalue weighted by molar-refractivity contribution is -0.129. The Kier molecular flexibility index (Phi) is 7.39. The summed E-state index contributed by atoms with van der Waals surface area (Å²) >= 11 is 0.